The molecule has 0 unspecified atom stereocenters. The highest BCUT2D eigenvalue weighted by Crippen LogP contribution is 2.41. The van der Waals surface area contributed by atoms with Crippen LogP contribution in [0.15, 0.2) is 4.99 Å². The third kappa shape index (κ3) is 7.22. The Balaban J connectivity index is 1.76. The molecule has 2 aliphatic rings. The number of rotatable bonds is 11. The number of nitrogens with zero attached hydrogens (tertiary/aromatic N) is 1. The molecule has 0 saturated heterocycles. The molecule has 1 amide bonds. The lowest BCUT2D eigenvalue weighted by Gasteiger charge is -2.27. The second-order valence-electron chi connectivity index (χ2n) is 7.34. The van der Waals surface area contributed by atoms with Crippen LogP contribution in [0.2, 0.25) is 0 Å². The summed E-state index contributed by atoms with van der Waals surface area (Å²) >= 11 is 0. The summed E-state index contributed by atoms with van der Waals surface area (Å²) in [6.45, 7) is 8.79. The Bertz CT molecular complexity index is 429. The van der Waals surface area contributed by atoms with E-state index in [1.807, 2.05) is 0 Å². The quantitative estimate of drug-likeness (QED) is 0.302. The number of aliphatic imine (C=N–C) groups is 1. The number of nitrogens with one attached hydrogen (secondary N) is 3. The van der Waals surface area contributed by atoms with Crippen LogP contribution in [0.25, 0.3) is 0 Å². The number of amides is 1. The summed E-state index contributed by atoms with van der Waals surface area (Å²) < 4.78 is 5.58. The summed E-state index contributed by atoms with van der Waals surface area (Å²) in [5.74, 6) is 1.32. The number of hydrogen-bond acceptors (Lipinski definition) is 3. The van der Waals surface area contributed by atoms with E-state index in [0.717, 1.165) is 51.5 Å². The van der Waals surface area contributed by atoms with Crippen LogP contribution in [0, 0.1) is 11.3 Å². The van der Waals surface area contributed by atoms with Crippen molar-refractivity contribution in [1.82, 2.24) is 16.0 Å². The van der Waals surface area contributed by atoms with Crippen molar-refractivity contribution in [3.63, 3.8) is 0 Å². The molecule has 2 aliphatic carbocycles. The predicted molar refractivity (Wildman–Crippen MR) is 102 cm³/mol. The lowest BCUT2D eigenvalue weighted by molar-refractivity contribution is -0.122. The van der Waals surface area contributed by atoms with Crippen LogP contribution in [0.3, 0.4) is 0 Å². The van der Waals surface area contributed by atoms with Crippen molar-refractivity contribution in [1.29, 1.82) is 0 Å². The van der Waals surface area contributed by atoms with Crippen molar-refractivity contribution in [2.45, 2.75) is 58.8 Å². The SMILES string of the molecule is CCNC(=NCC1(CCOCC)CCCC1)NCCNC(=O)C1CC1. The van der Waals surface area contributed by atoms with Gasteiger partial charge in [-0.05, 0) is 51.4 Å². The van der Waals surface area contributed by atoms with Gasteiger partial charge in [0.2, 0.25) is 5.91 Å². The summed E-state index contributed by atoms with van der Waals surface area (Å²) in [7, 11) is 0. The maximum absolute atomic E-state index is 11.6. The first-order valence-corrected chi connectivity index (χ1v) is 10.1. The third-order valence-corrected chi connectivity index (χ3v) is 5.23. The minimum atomic E-state index is 0.199. The van der Waals surface area contributed by atoms with E-state index in [-0.39, 0.29) is 11.8 Å². The van der Waals surface area contributed by atoms with E-state index in [1.165, 1.54) is 25.7 Å². The normalized spacial score (nSPS) is 19.7. The Hall–Kier alpha value is -1.30. The lowest BCUT2D eigenvalue weighted by atomic mass is 9.83. The first-order valence-electron chi connectivity index (χ1n) is 10.1. The zero-order valence-electron chi connectivity index (χ0n) is 16.0. The van der Waals surface area contributed by atoms with Gasteiger partial charge in [-0.1, -0.05) is 12.8 Å². The van der Waals surface area contributed by atoms with Crippen molar-refractivity contribution in [3.05, 3.63) is 0 Å². The highest BCUT2D eigenvalue weighted by atomic mass is 16.5. The van der Waals surface area contributed by atoms with E-state index in [0.29, 0.717) is 18.5 Å². The van der Waals surface area contributed by atoms with Gasteiger partial charge in [-0.25, -0.2) is 0 Å². The van der Waals surface area contributed by atoms with Crippen LogP contribution in [-0.4, -0.2) is 51.3 Å². The van der Waals surface area contributed by atoms with Crippen LogP contribution in [0.1, 0.15) is 58.8 Å². The van der Waals surface area contributed by atoms with Gasteiger partial charge in [0.1, 0.15) is 0 Å². The molecule has 2 fully saturated rings. The van der Waals surface area contributed by atoms with Gasteiger partial charge in [-0.3, -0.25) is 9.79 Å². The second kappa shape index (κ2) is 10.6. The minimum Gasteiger partial charge on any atom is -0.382 e. The number of hydrogen-bond donors (Lipinski definition) is 3. The molecule has 6 heteroatoms. The molecule has 0 radical (unpaired) electrons. The molecule has 2 saturated carbocycles. The number of carbonyl (C=O) groups is 1. The van der Waals surface area contributed by atoms with Crippen LogP contribution >= 0.6 is 0 Å². The van der Waals surface area contributed by atoms with Crippen LogP contribution in [0.5, 0.6) is 0 Å². The van der Waals surface area contributed by atoms with Gasteiger partial charge >= 0.3 is 0 Å². The Labute approximate surface area is 152 Å². The fourth-order valence-corrected chi connectivity index (χ4v) is 3.49. The zero-order chi connectivity index (χ0) is 18.0. The molecule has 6 nitrogen and oxygen atoms in total. The van der Waals surface area contributed by atoms with E-state index < -0.39 is 0 Å². The first-order chi connectivity index (χ1) is 12.2. The van der Waals surface area contributed by atoms with E-state index in [2.05, 4.69) is 29.8 Å². The van der Waals surface area contributed by atoms with Gasteiger partial charge in [0.15, 0.2) is 5.96 Å². The zero-order valence-corrected chi connectivity index (χ0v) is 16.0. The average Bonchev–Trinajstić information content (AvgIpc) is 3.37. The topological polar surface area (TPSA) is 74.8 Å². The van der Waals surface area contributed by atoms with Gasteiger partial charge in [0.25, 0.3) is 0 Å². The van der Waals surface area contributed by atoms with Crippen molar-refractivity contribution < 1.29 is 9.53 Å². The van der Waals surface area contributed by atoms with Crippen molar-refractivity contribution in [2.24, 2.45) is 16.3 Å². The Morgan fingerprint density at radius 2 is 1.84 bits per heavy atom. The summed E-state index contributed by atoms with van der Waals surface area (Å²) in [4.78, 5) is 16.5. The highest BCUT2D eigenvalue weighted by Gasteiger charge is 2.33. The summed E-state index contributed by atoms with van der Waals surface area (Å²) in [6.07, 6.45) is 8.31. The average molecular weight is 353 g/mol. The van der Waals surface area contributed by atoms with Gasteiger partial charge in [-0.15, -0.1) is 0 Å². The molecule has 3 N–H and O–H groups in total. The molecule has 0 heterocycles. The van der Waals surface area contributed by atoms with E-state index in [9.17, 15) is 4.79 Å². The summed E-state index contributed by atoms with van der Waals surface area (Å²) in [5.41, 5.74) is 0.303. The molecular weight excluding hydrogens is 316 g/mol. The molecule has 0 aromatic heterocycles. The predicted octanol–water partition coefficient (Wildman–Crippen LogP) is 2.05. The maximum Gasteiger partial charge on any atom is 0.223 e. The van der Waals surface area contributed by atoms with E-state index in [1.54, 1.807) is 0 Å². The molecule has 0 atom stereocenters. The largest absolute Gasteiger partial charge is 0.382 e. The van der Waals surface area contributed by atoms with Gasteiger partial charge in [0.05, 0.1) is 0 Å². The Kier molecular flexibility index (Phi) is 8.52. The molecule has 0 aromatic rings. The molecule has 0 aliphatic heterocycles. The molecule has 0 aromatic carbocycles. The van der Waals surface area contributed by atoms with Crippen LogP contribution in [0.4, 0.5) is 0 Å². The number of ether oxygens (including phenoxy) is 1. The molecule has 25 heavy (non-hydrogen) atoms. The van der Waals surface area contributed by atoms with E-state index in [4.69, 9.17) is 9.73 Å². The second-order valence-corrected chi connectivity index (χ2v) is 7.34. The monoisotopic (exact) mass is 352 g/mol. The summed E-state index contributed by atoms with van der Waals surface area (Å²) in [6, 6.07) is 0. The first kappa shape index (κ1) is 20.0. The van der Waals surface area contributed by atoms with Crippen LogP contribution in [-0.2, 0) is 9.53 Å². The minimum absolute atomic E-state index is 0.199. The van der Waals surface area contributed by atoms with Crippen molar-refractivity contribution >= 4 is 11.9 Å². The molecule has 0 bridgehead atoms. The fourth-order valence-electron chi connectivity index (χ4n) is 3.49. The van der Waals surface area contributed by atoms with E-state index >= 15 is 0 Å². The Morgan fingerprint density at radius 1 is 1.12 bits per heavy atom. The van der Waals surface area contributed by atoms with Gasteiger partial charge < -0.3 is 20.7 Å². The van der Waals surface area contributed by atoms with Crippen molar-refractivity contribution in [3.8, 4) is 0 Å². The molecule has 144 valence electrons. The summed E-state index contributed by atoms with van der Waals surface area (Å²) in [5, 5.41) is 9.63. The molecule has 0 spiro atoms. The number of guanidine groups is 1. The van der Waals surface area contributed by atoms with Crippen molar-refractivity contribution in [2.75, 3.05) is 39.4 Å². The molecular formula is C19H36N4O2. The van der Waals surface area contributed by atoms with Gasteiger partial charge in [-0.2, -0.15) is 0 Å². The molecule has 2 rings (SSSR count). The van der Waals surface area contributed by atoms with Gasteiger partial charge in [0, 0.05) is 45.3 Å². The number of carbonyl (C=O) groups excluding carboxylic acids is 1. The fraction of sp³-hybridized carbons (Fsp3) is 0.895. The highest BCUT2D eigenvalue weighted by molar-refractivity contribution is 5.81. The lowest BCUT2D eigenvalue weighted by Crippen LogP contribution is -2.42. The Morgan fingerprint density at radius 3 is 2.48 bits per heavy atom. The maximum atomic E-state index is 11.6. The standard InChI is InChI=1S/C19H36N4O2/c1-3-20-18(22-13-12-21-17(24)16-7-8-16)23-15-19(9-5-6-10-19)11-14-25-4-2/h16H,3-15H2,1-2H3,(H,21,24)(H2,20,22,23). The smallest absolute Gasteiger partial charge is 0.223 e. The third-order valence-electron chi connectivity index (χ3n) is 5.23. The van der Waals surface area contributed by atoms with Crippen LogP contribution < -0.4 is 16.0 Å².